The molecule has 0 unspecified atom stereocenters. The molecule has 2 heterocycles. The second-order valence-electron chi connectivity index (χ2n) is 5.46. The van der Waals surface area contributed by atoms with E-state index in [-0.39, 0.29) is 5.56 Å². The van der Waals surface area contributed by atoms with Crippen LogP contribution in [-0.4, -0.2) is 23.5 Å². The Balaban J connectivity index is 1.90. The van der Waals surface area contributed by atoms with Crippen LogP contribution in [0.5, 0.6) is 0 Å². The maximum absolute atomic E-state index is 12.4. The second kappa shape index (κ2) is 6.25. The molecule has 0 bridgehead atoms. The molecule has 0 saturated heterocycles. The molecule has 0 spiro atoms. The van der Waals surface area contributed by atoms with Gasteiger partial charge in [0, 0.05) is 31.5 Å². The highest BCUT2D eigenvalue weighted by molar-refractivity contribution is 7.90. The van der Waals surface area contributed by atoms with E-state index in [1.54, 1.807) is 25.2 Å². The summed E-state index contributed by atoms with van der Waals surface area (Å²) in [4.78, 5) is 15.5. The van der Waals surface area contributed by atoms with Crippen LogP contribution < -0.4 is 10.5 Å². The number of alkyl halides is 3. The fourth-order valence-electron chi connectivity index (χ4n) is 2.31. The van der Waals surface area contributed by atoms with Crippen LogP contribution in [0.1, 0.15) is 5.56 Å². The Kier molecular flexibility index (Phi) is 4.36. The zero-order valence-corrected chi connectivity index (χ0v) is 14.1. The highest BCUT2D eigenvalue weighted by Gasteiger charge is 2.45. The Bertz CT molecular complexity index is 1130. The van der Waals surface area contributed by atoms with Crippen molar-refractivity contribution in [2.24, 2.45) is 7.05 Å². The van der Waals surface area contributed by atoms with Crippen LogP contribution in [0.2, 0.25) is 0 Å². The molecular formula is C15H12F3N3O4S. The van der Waals surface area contributed by atoms with Crippen molar-refractivity contribution in [1.82, 2.24) is 14.3 Å². The molecule has 0 fully saturated rings. The molecule has 3 rings (SSSR count). The summed E-state index contributed by atoms with van der Waals surface area (Å²) in [6.45, 7) is -0.560. The van der Waals surface area contributed by atoms with Gasteiger partial charge in [0.05, 0.1) is 5.52 Å². The highest BCUT2D eigenvalue weighted by atomic mass is 32.2. The molecule has 1 N–H and O–H groups in total. The van der Waals surface area contributed by atoms with Crippen molar-refractivity contribution in [3.05, 3.63) is 52.8 Å². The van der Waals surface area contributed by atoms with E-state index in [4.69, 9.17) is 4.42 Å². The molecule has 3 aromatic rings. The van der Waals surface area contributed by atoms with E-state index in [9.17, 15) is 26.4 Å². The molecule has 0 saturated carbocycles. The molecule has 0 aliphatic carbocycles. The molecule has 11 heteroatoms. The predicted molar refractivity (Wildman–Crippen MR) is 86.5 cm³/mol. The number of sulfonamides is 1. The molecule has 0 aliphatic heterocycles. The maximum Gasteiger partial charge on any atom is 0.511 e. The zero-order valence-electron chi connectivity index (χ0n) is 13.2. The average Bonchev–Trinajstić information content (AvgIpc) is 2.86. The largest absolute Gasteiger partial charge is 0.511 e. The smallest absolute Gasteiger partial charge is 0.408 e. The molecule has 0 atom stereocenters. The number of pyridine rings is 1. The number of fused-ring (bicyclic) bond motifs is 1. The van der Waals surface area contributed by atoms with Crippen LogP contribution >= 0.6 is 0 Å². The van der Waals surface area contributed by atoms with Crippen molar-refractivity contribution in [1.29, 1.82) is 0 Å². The van der Waals surface area contributed by atoms with Crippen LogP contribution in [0.3, 0.4) is 0 Å². The maximum atomic E-state index is 12.4. The van der Waals surface area contributed by atoms with Crippen molar-refractivity contribution in [3.8, 4) is 11.1 Å². The average molecular weight is 387 g/mol. The molecular weight excluding hydrogens is 375 g/mol. The van der Waals surface area contributed by atoms with Crippen LogP contribution in [0.4, 0.5) is 13.2 Å². The second-order valence-corrected chi connectivity index (χ2v) is 7.22. The number of rotatable bonds is 4. The van der Waals surface area contributed by atoms with Crippen molar-refractivity contribution >= 4 is 21.1 Å². The number of hydrogen-bond acceptors (Lipinski definition) is 5. The molecule has 7 nitrogen and oxygen atoms in total. The lowest BCUT2D eigenvalue weighted by Gasteiger charge is -2.10. The van der Waals surface area contributed by atoms with Gasteiger partial charge in [-0.25, -0.2) is 17.9 Å². The van der Waals surface area contributed by atoms with Gasteiger partial charge in [-0.3, -0.25) is 9.55 Å². The SMILES string of the molecule is Cn1c(=O)oc2ccc(-c3cncc(CNS(=O)(=O)C(F)(F)F)c3)cc21. The summed E-state index contributed by atoms with van der Waals surface area (Å²) < 4.78 is 67.1. The van der Waals surface area contributed by atoms with E-state index in [0.29, 0.717) is 22.2 Å². The minimum atomic E-state index is -5.43. The van der Waals surface area contributed by atoms with Gasteiger partial charge in [-0.1, -0.05) is 6.07 Å². The fourth-order valence-corrected chi connectivity index (χ4v) is 2.83. The molecule has 0 amide bonds. The molecule has 26 heavy (non-hydrogen) atoms. The number of oxazole rings is 1. The summed E-state index contributed by atoms with van der Waals surface area (Å²) in [5.74, 6) is -0.523. The van der Waals surface area contributed by atoms with Crippen LogP contribution in [0.25, 0.3) is 22.2 Å². The van der Waals surface area contributed by atoms with E-state index < -0.39 is 27.8 Å². The van der Waals surface area contributed by atoms with Crippen molar-refractivity contribution in [2.75, 3.05) is 0 Å². The van der Waals surface area contributed by atoms with E-state index in [1.807, 2.05) is 0 Å². The first-order chi connectivity index (χ1) is 12.1. The number of aromatic nitrogens is 2. The molecule has 0 aliphatic rings. The van der Waals surface area contributed by atoms with Gasteiger partial charge >= 0.3 is 21.3 Å². The van der Waals surface area contributed by atoms with Crippen LogP contribution in [0, 0.1) is 0 Å². The number of hydrogen-bond donors (Lipinski definition) is 1. The lowest BCUT2D eigenvalue weighted by molar-refractivity contribution is -0.0448. The fraction of sp³-hybridized carbons (Fsp3) is 0.200. The summed E-state index contributed by atoms with van der Waals surface area (Å²) in [5.41, 5.74) is -3.02. The van der Waals surface area contributed by atoms with Crippen molar-refractivity contribution in [3.63, 3.8) is 0 Å². The Labute approximate surface area is 145 Å². The minimum absolute atomic E-state index is 0.247. The van der Waals surface area contributed by atoms with E-state index >= 15 is 0 Å². The normalized spacial score (nSPS) is 12.6. The van der Waals surface area contributed by atoms with Gasteiger partial charge in [0.15, 0.2) is 5.58 Å². The summed E-state index contributed by atoms with van der Waals surface area (Å²) in [7, 11) is -3.89. The van der Waals surface area contributed by atoms with E-state index in [0.717, 1.165) is 0 Å². The lowest BCUT2D eigenvalue weighted by atomic mass is 10.1. The van der Waals surface area contributed by atoms with E-state index in [2.05, 4.69) is 4.98 Å². The lowest BCUT2D eigenvalue weighted by Crippen LogP contribution is -2.36. The quantitative estimate of drug-likeness (QED) is 0.740. The van der Waals surface area contributed by atoms with Gasteiger partial charge < -0.3 is 4.42 Å². The first kappa shape index (κ1) is 18.1. The number of benzene rings is 1. The van der Waals surface area contributed by atoms with Gasteiger partial charge in [0.2, 0.25) is 0 Å². The third kappa shape index (κ3) is 3.35. The Morgan fingerprint density at radius 2 is 1.92 bits per heavy atom. The summed E-state index contributed by atoms with van der Waals surface area (Å²) in [6, 6.07) is 6.42. The number of aryl methyl sites for hydroxylation is 1. The first-order valence-corrected chi connectivity index (χ1v) is 8.66. The Morgan fingerprint density at radius 3 is 2.62 bits per heavy atom. The van der Waals surface area contributed by atoms with Gasteiger partial charge in [-0.2, -0.15) is 13.2 Å². The zero-order chi connectivity index (χ0) is 19.1. The minimum Gasteiger partial charge on any atom is -0.408 e. The van der Waals surface area contributed by atoms with E-state index in [1.165, 1.54) is 27.7 Å². The molecule has 2 aromatic heterocycles. The number of nitrogens with zero attached hydrogens (tertiary/aromatic N) is 2. The predicted octanol–water partition coefficient (Wildman–Crippen LogP) is 2.13. The summed E-state index contributed by atoms with van der Waals surface area (Å²) >= 11 is 0. The molecule has 0 radical (unpaired) electrons. The molecule has 138 valence electrons. The Morgan fingerprint density at radius 1 is 1.19 bits per heavy atom. The van der Waals surface area contributed by atoms with Gasteiger partial charge in [-0.15, -0.1) is 0 Å². The summed E-state index contributed by atoms with van der Waals surface area (Å²) in [5, 5.41) is 0. The third-order valence-electron chi connectivity index (χ3n) is 3.69. The standard InChI is InChI=1S/C15H12F3N3O4S/c1-21-12-5-10(2-3-13(12)25-14(21)22)11-4-9(6-19-8-11)7-20-26(23,24)15(16,17)18/h2-6,8,20H,7H2,1H3. The van der Waals surface area contributed by atoms with Gasteiger partial charge in [0.1, 0.15) is 0 Å². The first-order valence-electron chi connectivity index (χ1n) is 7.18. The topological polar surface area (TPSA) is 94.2 Å². The van der Waals surface area contributed by atoms with Gasteiger partial charge in [-0.05, 0) is 29.3 Å². The molecule has 1 aromatic carbocycles. The van der Waals surface area contributed by atoms with Crippen LogP contribution in [0.15, 0.2) is 45.9 Å². The number of nitrogens with one attached hydrogen (secondary N) is 1. The Hall–Kier alpha value is -2.66. The number of halogens is 3. The third-order valence-corrected chi connectivity index (χ3v) is 4.82. The van der Waals surface area contributed by atoms with Crippen molar-refractivity contribution in [2.45, 2.75) is 12.1 Å². The monoisotopic (exact) mass is 387 g/mol. The highest BCUT2D eigenvalue weighted by Crippen LogP contribution is 2.25. The van der Waals surface area contributed by atoms with Gasteiger partial charge in [0.25, 0.3) is 0 Å². The van der Waals surface area contributed by atoms with Crippen LogP contribution in [-0.2, 0) is 23.6 Å². The summed E-state index contributed by atoms with van der Waals surface area (Å²) in [6.07, 6.45) is 2.73. The van der Waals surface area contributed by atoms with Crippen molar-refractivity contribution < 1.29 is 26.0 Å².